The van der Waals surface area contributed by atoms with Gasteiger partial charge in [-0.25, -0.2) is 18.1 Å². The molecule has 1 amide bonds. The number of benzene rings is 1. The molecule has 0 atom stereocenters. The molecule has 2 rings (SSSR count). The number of aromatic nitrogens is 1. The Labute approximate surface area is 127 Å². The molecule has 2 N–H and O–H groups in total. The molecule has 110 valence electrons. The second kappa shape index (κ2) is 6.21. The number of hydrogen-bond acceptors (Lipinski definition) is 4. The smallest absolute Gasteiger partial charge is 0.258 e. The highest BCUT2D eigenvalue weighted by molar-refractivity contribution is 7.89. The zero-order valence-electron chi connectivity index (χ0n) is 11.0. The van der Waals surface area contributed by atoms with Crippen LogP contribution < -0.4 is 10.0 Å². The van der Waals surface area contributed by atoms with Crippen molar-refractivity contribution in [3.05, 3.63) is 53.3 Å². The van der Waals surface area contributed by atoms with Crippen LogP contribution in [0.25, 0.3) is 0 Å². The van der Waals surface area contributed by atoms with Gasteiger partial charge >= 0.3 is 0 Å². The van der Waals surface area contributed by atoms with Crippen LogP contribution in [-0.4, -0.2) is 26.4 Å². The fourth-order valence-corrected chi connectivity index (χ4v) is 2.75. The maximum absolute atomic E-state index is 12.2. The van der Waals surface area contributed by atoms with E-state index in [-0.39, 0.29) is 21.3 Å². The molecular weight excluding hydrogens is 314 g/mol. The van der Waals surface area contributed by atoms with E-state index in [9.17, 15) is 13.2 Å². The average Bonchev–Trinajstić information content (AvgIpc) is 2.48. The van der Waals surface area contributed by atoms with Gasteiger partial charge in [0.25, 0.3) is 5.91 Å². The number of nitrogens with one attached hydrogen (secondary N) is 2. The van der Waals surface area contributed by atoms with Gasteiger partial charge in [0.15, 0.2) is 0 Å². The van der Waals surface area contributed by atoms with Crippen LogP contribution in [0.5, 0.6) is 0 Å². The van der Waals surface area contributed by atoms with E-state index < -0.39 is 15.9 Å². The van der Waals surface area contributed by atoms with Crippen LogP contribution >= 0.6 is 11.6 Å². The van der Waals surface area contributed by atoms with Gasteiger partial charge in [-0.05, 0) is 31.3 Å². The molecular formula is C13H12ClN3O3S. The Kier molecular flexibility index (Phi) is 4.56. The predicted molar refractivity (Wildman–Crippen MR) is 79.9 cm³/mol. The number of pyridine rings is 1. The van der Waals surface area contributed by atoms with Crippen molar-refractivity contribution >= 4 is 33.2 Å². The third kappa shape index (κ3) is 3.38. The second-order valence-corrected chi connectivity index (χ2v) is 6.21. The summed E-state index contributed by atoms with van der Waals surface area (Å²) >= 11 is 5.84. The lowest BCUT2D eigenvalue weighted by molar-refractivity contribution is 0.102. The fraction of sp³-hybridized carbons (Fsp3) is 0.0769. The van der Waals surface area contributed by atoms with Gasteiger partial charge < -0.3 is 5.32 Å². The third-order valence-corrected chi connectivity index (χ3v) is 4.47. The Balaban J connectivity index is 2.38. The van der Waals surface area contributed by atoms with E-state index in [1.165, 1.54) is 31.4 Å². The van der Waals surface area contributed by atoms with Gasteiger partial charge in [0.1, 0.15) is 10.0 Å². The first-order valence-electron chi connectivity index (χ1n) is 5.90. The minimum atomic E-state index is -3.68. The Hall–Kier alpha value is -1.96. The van der Waals surface area contributed by atoms with Crippen LogP contribution in [0.3, 0.4) is 0 Å². The summed E-state index contributed by atoms with van der Waals surface area (Å²) in [5.74, 6) is -0.535. The summed E-state index contributed by atoms with van der Waals surface area (Å²) in [4.78, 5) is 15.9. The number of para-hydroxylation sites is 1. The molecule has 0 fully saturated rings. The lowest BCUT2D eigenvalue weighted by Gasteiger charge is -2.11. The monoisotopic (exact) mass is 325 g/mol. The SMILES string of the molecule is CNS(=O)(=O)c1ccccc1NC(=O)c1cccnc1Cl. The van der Waals surface area contributed by atoms with E-state index in [4.69, 9.17) is 11.6 Å². The molecule has 21 heavy (non-hydrogen) atoms. The quantitative estimate of drug-likeness (QED) is 0.840. The second-order valence-electron chi connectivity index (χ2n) is 4.00. The number of rotatable bonds is 4. The van der Waals surface area contributed by atoms with Crippen molar-refractivity contribution in [1.82, 2.24) is 9.71 Å². The molecule has 0 bridgehead atoms. The van der Waals surface area contributed by atoms with Crippen molar-refractivity contribution in [1.29, 1.82) is 0 Å². The van der Waals surface area contributed by atoms with Gasteiger partial charge in [-0.3, -0.25) is 4.79 Å². The summed E-state index contributed by atoms with van der Waals surface area (Å²) in [5, 5.41) is 2.57. The lowest BCUT2D eigenvalue weighted by Crippen LogP contribution is -2.22. The van der Waals surface area contributed by atoms with Gasteiger partial charge in [-0.15, -0.1) is 0 Å². The molecule has 0 aliphatic heterocycles. The fourth-order valence-electron chi connectivity index (χ4n) is 1.66. The highest BCUT2D eigenvalue weighted by Crippen LogP contribution is 2.22. The zero-order valence-corrected chi connectivity index (χ0v) is 12.6. The van der Waals surface area contributed by atoms with Crippen molar-refractivity contribution in [3.63, 3.8) is 0 Å². The minimum Gasteiger partial charge on any atom is -0.321 e. The summed E-state index contributed by atoms with van der Waals surface area (Å²) in [6.45, 7) is 0. The molecule has 0 spiro atoms. The van der Waals surface area contributed by atoms with Crippen LogP contribution in [0, 0.1) is 0 Å². The van der Waals surface area contributed by atoms with Crippen molar-refractivity contribution < 1.29 is 13.2 Å². The van der Waals surface area contributed by atoms with E-state index in [2.05, 4.69) is 15.0 Å². The third-order valence-electron chi connectivity index (χ3n) is 2.70. The first-order valence-corrected chi connectivity index (χ1v) is 7.76. The topological polar surface area (TPSA) is 88.2 Å². The number of sulfonamides is 1. The Morgan fingerprint density at radius 1 is 1.19 bits per heavy atom. The van der Waals surface area contributed by atoms with E-state index in [1.54, 1.807) is 18.2 Å². The van der Waals surface area contributed by atoms with Gasteiger partial charge in [-0.2, -0.15) is 0 Å². The van der Waals surface area contributed by atoms with Crippen molar-refractivity contribution in [3.8, 4) is 0 Å². The molecule has 1 aromatic carbocycles. The molecule has 2 aromatic rings. The number of carbonyl (C=O) groups is 1. The maximum atomic E-state index is 12.2. The van der Waals surface area contributed by atoms with Crippen LogP contribution in [0.4, 0.5) is 5.69 Å². The van der Waals surface area contributed by atoms with Crippen LogP contribution in [-0.2, 0) is 10.0 Å². The van der Waals surface area contributed by atoms with E-state index in [1.807, 2.05) is 0 Å². The standard InChI is InChI=1S/C13H12ClN3O3S/c1-15-21(19,20)11-7-3-2-6-10(11)17-13(18)9-5-4-8-16-12(9)14/h2-8,15H,1H3,(H,17,18). The molecule has 0 radical (unpaired) electrons. The first kappa shape index (κ1) is 15.4. The molecule has 0 aliphatic rings. The Bertz CT molecular complexity index is 778. The lowest BCUT2D eigenvalue weighted by atomic mass is 10.2. The molecule has 1 aromatic heterocycles. The van der Waals surface area contributed by atoms with Crippen molar-refractivity contribution in [2.75, 3.05) is 12.4 Å². The molecule has 0 unspecified atom stereocenters. The average molecular weight is 326 g/mol. The molecule has 0 saturated carbocycles. The highest BCUT2D eigenvalue weighted by Gasteiger charge is 2.19. The molecule has 6 nitrogen and oxygen atoms in total. The highest BCUT2D eigenvalue weighted by atomic mass is 35.5. The zero-order chi connectivity index (χ0) is 15.5. The molecule has 8 heteroatoms. The van der Waals surface area contributed by atoms with E-state index in [0.717, 1.165) is 0 Å². The number of halogens is 1. The van der Waals surface area contributed by atoms with Gasteiger partial charge in [0.05, 0.1) is 11.3 Å². The van der Waals surface area contributed by atoms with E-state index >= 15 is 0 Å². The normalized spacial score (nSPS) is 11.1. The summed E-state index contributed by atoms with van der Waals surface area (Å²) in [6, 6.07) is 9.14. The van der Waals surface area contributed by atoms with E-state index in [0.29, 0.717) is 0 Å². The summed E-state index contributed by atoms with van der Waals surface area (Å²) in [6.07, 6.45) is 1.46. The maximum Gasteiger partial charge on any atom is 0.258 e. The number of nitrogens with zero attached hydrogens (tertiary/aromatic N) is 1. The summed E-state index contributed by atoms with van der Waals surface area (Å²) < 4.78 is 26.0. The van der Waals surface area contributed by atoms with Crippen molar-refractivity contribution in [2.45, 2.75) is 4.90 Å². The summed E-state index contributed by atoms with van der Waals surface area (Å²) in [5.41, 5.74) is 0.326. The largest absolute Gasteiger partial charge is 0.321 e. The molecule has 0 saturated heterocycles. The molecule has 1 heterocycles. The number of carbonyl (C=O) groups excluding carboxylic acids is 1. The summed E-state index contributed by atoms with van der Waals surface area (Å²) in [7, 11) is -2.38. The predicted octanol–water partition coefficient (Wildman–Crippen LogP) is 1.90. The molecule has 0 aliphatic carbocycles. The first-order chi connectivity index (χ1) is 9.95. The number of hydrogen-bond donors (Lipinski definition) is 2. The van der Waals surface area contributed by atoms with Gasteiger partial charge in [0.2, 0.25) is 10.0 Å². The number of anilines is 1. The number of amides is 1. The van der Waals surface area contributed by atoms with Crippen molar-refractivity contribution in [2.24, 2.45) is 0 Å². The van der Waals surface area contributed by atoms with Gasteiger partial charge in [-0.1, -0.05) is 23.7 Å². The minimum absolute atomic E-state index is 0.0270. The Morgan fingerprint density at radius 3 is 2.57 bits per heavy atom. The van der Waals surface area contributed by atoms with Crippen LogP contribution in [0.15, 0.2) is 47.5 Å². The Morgan fingerprint density at radius 2 is 1.90 bits per heavy atom. The van der Waals surface area contributed by atoms with Crippen LogP contribution in [0.1, 0.15) is 10.4 Å². The van der Waals surface area contributed by atoms with Gasteiger partial charge in [0, 0.05) is 6.20 Å². The van der Waals surface area contributed by atoms with Crippen LogP contribution in [0.2, 0.25) is 5.15 Å².